The van der Waals surface area contributed by atoms with E-state index in [1.165, 1.54) is 105 Å². The first-order chi connectivity index (χ1) is 36.3. The second-order valence-electron chi connectivity index (χ2n) is 19.8. The summed E-state index contributed by atoms with van der Waals surface area (Å²) in [6.45, 7) is 2.58. The molecule has 0 heterocycles. The van der Waals surface area contributed by atoms with Crippen molar-refractivity contribution in [2.45, 2.75) is 231 Å². The van der Waals surface area contributed by atoms with E-state index in [1.807, 2.05) is 12.1 Å². The molecule has 420 valence electrons. The molecule has 12 nitrogen and oxygen atoms in total. The molecule has 0 fully saturated rings. The predicted octanol–water partition coefficient (Wildman–Crippen LogP) is 16.1. The summed E-state index contributed by atoms with van der Waals surface area (Å²) >= 11 is 0. The van der Waals surface area contributed by atoms with Gasteiger partial charge in [0.05, 0.1) is 54.9 Å². The molecule has 12 heteroatoms. The Kier molecular flexibility index (Phi) is 41.3. The number of esters is 4. The van der Waals surface area contributed by atoms with E-state index in [4.69, 9.17) is 37.9 Å². The van der Waals surface area contributed by atoms with Crippen LogP contribution in [0.25, 0.3) is 12.2 Å². The largest absolute Gasteiger partial charge is 0.493 e. The lowest BCUT2D eigenvalue weighted by molar-refractivity contribution is -0.141. The minimum Gasteiger partial charge on any atom is -0.493 e. The van der Waals surface area contributed by atoms with Crippen molar-refractivity contribution in [2.75, 3.05) is 54.9 Å². The quantitative estimate of drug-likeness (QED) is 0.0269. The maximum absolute atomic E-state index is 11.4. The van der Waals surface area contributed by atoms with Gasteiger partial charge in [0, 0.05) is 37.8 Å². The molecule has 0 aliphatic carbocycles. The van der Waals surface area contributed by atoms with Gasteiger partial charge in [-0.25, -0.2) is 0 Å². The Morgan fingerprint density at radius 3 is 0.635 bits per heavy atom. The van der Waals surface area contributed by atoms with E-state index in [-0.39, 0.29) is 23.9 Å². The molecular formula is C62H100O12. The van der Waals surface area contributed by atoms with Crippen molar-refractivity contribution in [1.82, 2.24) is 0 Å². The Morgan fingerprint density at radius 2 is 0.446 bits per heavy atom. The fourth-order valence-corrected chi connectivity index (χ4v) is 8.80. The molecule has 0 aliphatic heterocycles. The number of carbonyl (C=O) groups is 4. The minimum absolute atomic E-state index is 0.122. The smallest absolute Gasteiger partial charge is 0.305 e. The van der Waals surface area contributed by atoms with Crippen LogP contribution < -0.4 is 18.9 Å². The number of ether oxygens (including phenoxy) is 8. The van der Waals surface area contributed by atoms with E-state index in [0.29, 0.717) is 52.1 Å². The molecule has 0 bridgehead atoms. The second-order valence-corrected chi connectivity index (χ2v) is 19.8. The summed E-state index contributed by atoms with van der Waals surface area (Å²) in [5, 5.41) is 0. The van der Waals surface area contributed by atoms with Crippen LogP contribution >= 0.6 is 0 Å². The third kappa shape index (κ3) is 37.9. The Morgan fingerprint density at radius 1 is 0.270 bits per heavy atom. The Bertz CT molecular complexity index is 1520. The van der Waals surface area contributed by atoms with Gasteiger partial charge in [0.15, 0.2) is 0 Å². The third-order valence-electron chi connectivity index (χ3n) is 13.4. The Labute approximate surface area is 448 Å². The number of methoxy groups -OCH3 is 4. The van der Waals surface area contributed by atoms with Crippen molar-refractivity contribution in [3.8, 4) is 23.0 Å². The van der Waals surface area contributed by atoms with Crippen molar-refractivity contribution in [3.05, 3.63) is 47.5 Å². The highest BCUT2D eigenvalue weighted by molar-refractivity contribution is 5.73. The van der Waals surface area contributed by atoms with Crippen molar-refractivity contribution in [1.29, 1.82) is 0 Å². The first-order valence-corrected chi connectivity index (χ1v) is 29.0. The van der Waals surface area contributed by atoms with Crippen molar-refractivity contribution >= 4 is 36.0 Å². The van der Waals surface area contributed by atoms with Gasteiger partial charge < -0.3 is 37.9 Å². The number of carbonyl (C=O) groups excluding carboxylic acids is 4. The molecule has 2 rings (SSSR count). The molecule has 0 radical (unpaired) electrons. The summed E-state index contributed by atoms with van der Waals surface area (Å²) < 4.78 is 44.4. The normalized spacial score (nSPS) is 11.1. The van der Waals surface area contributed by atoms with Crippen LogP contribution in [0.15, 0.2) is 36.4 Å². The van der Waals surface area contributed by atoms with Gasteiger partial charge in [0.2, 0.25) is 0 Å². The van der Waals surface area contributed by atoms with Crippen LogP contribution in [0.4, 0.5) is 0 Å². The summed E-state index contributed by atoms with van der Waals surface area (Å²) in [5.41, 5.74) is 2.00. The lowest BCUT2D eigenvalue weighted by atomic mass is 10.1. The third-order valence-corrected chi connectivity index (χ3v) is 13.4. The van der Waals surface area contributed by atoms with Gasteiger partial charge in [-0.05, 0) is 86.8 Å². The fourth-order valence-electron chi connectivity index (χ4n) is 8.80. The number of hydrogen-bond donors (Lipinski definition) is 0. The van der Waals surface area contributed by atoms with Crippen LogP contribution in [-0.4, -0.2) is 78.7 Å². The SMILES string of the molecule is COC(=O)CCCCCCCCCCOc1cc(/C=C/c2cc(OCCCCCCCCCCC(=O)OC)cc(OCCCCCCCCCCC(=O)OC)c2)cc(OCCCCCCCCCCC(=O)OC)c1. The molecule has 0 unspecified atom stereocenters. The number of rotatable bonds is 50. The second kappa shape index (κ2) is 46.8. The van der Waals surface area contributed by atoms with Gasteiger partial charge in [-0.15, -0.1) is 0 Å². The van der Waals surface area contributed by atoms with Crippen LogP contribution in [0, 0.1) is 0 Å². The van der Waals surface area contributed by atoms with Crippen LogP contribution in [-0.2, 0) is 38.1 Å². The highest BCUT2D eigenvalue weighted by atomic mass is 16.5. The zero-order valence-electron chi connectivity index (χ0n) is 46.8. The number of benzene rings is 2. The average molecular weight is 1040 g/mol. The van der Waals surface area contributed by atoms with E-state index in [9.17, 15) is 19.2 Å². The van der Waals surface area contributed by atoms with E-state index in [0.717, 1.165) is 163 Å². The molecule has 0 N–H and O–H groups in total. The van der Waals surface area contributed by atoms with Gasteiger partial charge in [0.1, 0.15) is 23.0 Å². The summed E-state index contributed by atoms with van der Waals surface area (Å²) in [4.78, 5) is 45.4. The van der Waals surface area contributed by atoms with Crippen molar-refractivity contribution in [3.63, 3.8) is 0 Å². The first-order valence-electron chi connectivity index (χ1n) is 29.0. The van der Waals surface area contributed by atoms with Crippen LogP contribution in [0.3, 0.4) is 0 Å². The van der Waals surface area contributed by atoms with E-state index >= 15 is 0 Å². The summed E-state index contributed by atoms with van der Waals surface area (Å²) in [6.07, 6.45) is 41.3. The number of unbranched alkanes of at least 4 members (excludes halogenated alkanes) is 28. The molecule has 74 heavy (non-hydrogen) atoms. The molecule has 2 aromatic carbocycles. The zero-order valence-corrected chi connectivity index (χ0v) is 46.8. The Balaban J connectivity index is 2.03. The zero-order chi connectivity index (χ0) is 53.4. The standard InChI is InChI=1S/C62H100O12/c1-67-59(63)37-29-21-13-5-9-17-25-33-43-71-55-47-53(48-56(51-55)72-44-34-26-18-10-6-14-22-30-38-60(64)68-2)41-42-54-49-57(73-45-35-27-19-11-7-15-23-31-39-61(65)69-3)52-58(50-54)74-46-36-28-20-12-8-16-24-32-40-62(66)70-4/h41-42,47-52H,5-40,43-46H2,1-4H3/b42-41+. The van der Waals surface area contributed by atoms with Crippen molar-refractivity contribution in [2.24, 2.45) is 0 Å². The highest BCUT2D eigenvalue weighted by Gasteiger charge is 2.08. The monoisotopic (exact) mass is 1040 g/mol. The molecule has 2 aromatic rings. The molecule has 0 saturated carbocycles. The van der Waals surface area contributed by atoms with Gasteiger partial charge >= 0.3 is 23.9 Å². The predicted molar refractivity (Wildman–Crippen MR) is 298 cm³/mol. The number of hydrogen-bond acceptors (Lipinski definition) is 12. The van der Waals surface area contributed by atoms with E-state index in [2.05, 4.69) is 36.4 Å². The lowest BCUT2D eigenvalue weighted by Gasteiger charge is -2.13. The van der Waals surface area contributed by atoms with Crippen LogP contribution in [0.1, 0.15) is 242 Å². The molecular weight excluding hydrogens is 937 g/mol. The van der Waals surface area contributed by atoms with Crippen LogP contribution in [0.5, 0.6) is 23.0 Å². The highest BCUT2D eigenvalue weighted by Crippen LogP contribution is 2.29. The molecule has 0 atom stereocenters. The summed E-state index contributed by atoms with van der Waals surface area (Å²) in [7, 11) is 5.79. The fraction of sp³-hybridized carbons (Fsp3) is 0.710. The molecule has 0 saturated heterocycles. The molecule has 0 aromatic heterocycles. The minimum atomic E-state index is -0.122. The Hall–Kier alpha value is -4.74. The topological polar surface area (TPSA) is 142 Å². The van der Waals surface area contributed by atoms with Crippen molar-refractivity contribution < 1.29 is 57.1 Å². The van der Waals surface area contributed by atoms with Crippen LogP contribution in [0.2, 0.25) is 0 Å². The first kappa shape index (κ1) is 65.4. The van der Waals surface area contributed by atoms with Gasteiger partial charge in [0.25, 0.3) is 0 Å². The molecule has 0 aliphatic rings. The summed E-state index contributed by atoms with van der Waals surface area (Å²) in [6, 6.07) is 12.4. The van der Waals surface area contributed by atoms with E-state index in [1.54, 1.807) is 0 Å². The maximum Gasteiger partial charge on any atom is 0.305 e. The van der Waals surface area contributed by atoms with Gasteiger partial charge in [-0.1, -0.05) is 166 Å². The molecule has 0 spiro atoms. The average Bonchev–Trinajstić information content (AvgIpc) is 3.41. The van der Waals surface area contributed by atoms with Gasteiger partial charge in [-0.2, -0.15) is 0 Å². The van der Waals surface area contributed by atoms with Gasteiger partial charge in [-0.3, -0.25) is 19.2 Å². The summed E-state index contributed by atoms with van der Waals surface area (Å²) in [5.74, 6) is 2.73. The maximum atomic E-state index is 11.4. The van der Waals surface area contributed by atoms with E-state index < -0.39 is 0 Å². The lowest BCUT2D eigenvalue weighted by Crippen LogP contribution is -2.01. The molecule has 0 amide bonds.